The maximum absolute atomic E-state index is 13.2. The number of carbonyl (C=O) groups excluding carboxylic acids is 1. The lowest BCUT2D eigenvalue weighted by atomic mass is 10.0. The van der Waals surface area contributed by atoms with Crippen molar-refractivity contribution in [3.8, 4) is 0 Å². The molecule has 104 valence electrons. The predicted molar refractivity (Wildman–Crippen MR) is 70.2 cm³/mol. The summed E-state index contributed by atoms with van der Waals surface area (Å²) in [4.78, 5) is 11.8. The highest BCUT2D eigenvalue weighted by Gasteiger charge is 2.09. The van der Waals surface area contributed by atoms with Crippen LogP contribution in [0.4, 0.5) is 13.2 Å². The van der Waals surface area contributed by atoms with Gasteiger partial charge in [-0.15, -0.1) is 0 Å². The summed E-state index contributed by atoms with van der Waals surface area (Å²) in [6.45, 7) is 0. The number of ketones is 1. The maximum Gasteiger partial charge on any atom is 0.159 e. The summed E-state index contributed by atoms with van der Waals surface area (Å²) in [5.41, 5.74) is 0.864. The molecule has 0 amide bonds. The zero-order chi connectivity index (χ0) is 14.7. The van der Waals surface area contributed by atoms with Crippen LogP contribution in [0.15, 0.2) is 36.4 Å². The van der Waals surface area contributed by atoms with Gasteiger partial charge in [0.1, 0.15) is 11.6 Å². The summed E-state index contributed by atoms with van der Waals surface area (Å²) in [7, 11) is 0. The fourth-order valence-corrected chi connectivity index (χ4v) is 1.93. The Balaban J connectivity index is 2.04. The Bertz CT molecular complexity index is 600. The molecule has 0 radical (unpaired) electrons. The van der Waals surface area contributed by atoms with E-state index in [9.17, 15) is 18.0 Å². The van der Waals surface area contributed by atoms with E-state index >= 15 is 0 Å². The lowest BCUT2D eigenvalue weighted by molar-refractivity contribution is -0.117. The molecule has 2 rings (SSSR count). The fourth-order valence-electron chi connectivity index (χ4n) is 1.82. The highest BCUT2D eigenvalue weighted by molar-refractivity contribution is 6.30. The van der Waals surface area contributed by atoms with Crippen LogP contribution in [-0.4, -0.2) is 5.78 Å². The van der Waals surface area contributed by atoms with Crippen LogP contribution < -0.4 is 0 Å². The van der Waals surface area contributed by atoms with E-state index in [2.05, 4.69) is 0 Å². The Hall–Kier alpha value is -1.81. The average molecular weight is 299 g/mol. The number of benzene rings is 2. The first-order valence-electron chi connectivity index (χ1n) is 5.85. The largest absolute Gasteiger partial charge is 0.299 e. The van der Waals surface area contributed by atoms with E-state index in [1.54, 1.807) is 6.07 Å². The molecular weight excluding hydrogens is 289 g/mol. The zero-order valence-corrected chi connectivity index (χ0v) is 11.1. The van der Waals surface area contributed by atoms with Crippen molar-refractivity contribution in [2.24, 2.45) is 0 Å². The second kappa shape index (κ2) is 6.09. The van der Waals surface area contributed by atoms with Gasteiger partial charge in [0, 0.05) is 12.8 Å². The van der Waals surface area contributed by atoms with E-state index in [0.717, 1.165) is 12.1 Å². The monoisotopic (exact) mass is 298 g/mol. The van der Waals surface area contributed by atoms with Gasteiger partial charge < -0.3 is 0 Å². The van der Waals surface area contributed by atoms with Crippen LogP contribution in [0.2, 0.25) is 5.02 Å². The summed E-state index contributed by atoms with van der Waals surface area (Å²) in [5.74, 6) is -2.77. The second-order valence-corrected chi connectivity index (χ2v) is 4.80. The molecule has 0 unspecified atom stereocenters. The summed E-state index contributed by atoms with van der Waals surface area (Å²) in [6, 6.07) is 7.41. The minimum absolute atomic E-state index is 0.00703. The molecule has 0 atom stereocenters. The highest BCUT2D eigenvalue weighted by Crippen LogP contribution is 2.17. The summed E-state index contributed by atoms with van der Waals surface area (Å²) in [6.07, 6.45) is -0.0332. The van der Waals surface area contributed by atoms with Crippen LogP contribution >= 0.6 is 11.6 Å². The van der Waals surface area contributed by atoms with Crippen LogP contribution in [0.5, 0.6) is 0 Å². The van der Waals surface area contributed by atoms with Crippen LogP contribution in [0.25, 0.3) is 0 Å². The molecule has 0 aromatic heterocycles. The normalized spacial score (nSPS) is 10.6. The van der Waals surface area contributed by atoms with Crippen molar-refractivity contribution in [2.75, 3.05) is 0 Å². The van der Waals surface area contributed by atoms with Gasteiger partial charge in [0.25, 0.3) is 0 Å². The van der Waals surface area contributed by atoms with E-state index in [1.807, 2.05) is 0 Å². The smallest absolute Gasteiger partial charge is 0.159 e. The molecule has 5 heteroatoms. The molecule has 0 fully saturated rings. The second-order valence-electron chi connectivity index (χ2n) is 4.39. The third kappa shape index (κ3) is 3.61. The molecule has 0 spiro atoms. The van der Waals surface area contributed by atoms with Gasteiger partial charge in [-0.3, -0.25) is 4.79 Å². The van der Waals surface area contributed by atoms with Crippen LogP contribution in [0, 0.1) is 17.5 Å². The number of hydrogen-bond donors (Lipinski definition) is 0. The van der Waals surface area contributed by atoms with Gasteiger partial charge in [-0.2, -0.15) is 0 Å². The Labute approximate surface area is 119 Å². The lowest BCUT2D eigenvalue weighted by Crippen LogP contribution is -2.07. The van der Waals surface area contributed by atoms with Gasteiger partial charge in [0.15, 0.2) is 11.6 Å². The zero-order valence-electron chi connectivity index (χ0n) is 10.3. The van der Waals surface area contributed by atoms with E-state index in [-0.39, 0.29) is 23.6 Å². The Morgan fingerprint density at radius 3 is 1.95 bits per heavy atom. The third-order valence-electron chi connectivity index (χ3n) is 2.77. The molecule has 0 bridgehead atoms. The van der Waals surface area contributed by atoms with Crippen molar-refractivity contribution in [1.82, 2.24) is 0 Å². The average Bonchev–Trinajstić information content (AvgIpc) is 2.38. The van der Waals surface area contributed by atoms with E-state index < -0.39 is 17.5 Å². The topological polar surface area (TPSA) is 17.1 Å². The molecule has 1 nitrogen and oxygen atoms in total. The predicted octanol–water partition coefficient (Wildman–Crippen LogP) is 4.11. The Morgan fingerprint density at radius 2 is 1.40 bits per heavy atom. The molecule has 0 N–H and O–H groups in total. The van der Waals surface area contributed by atoms with Crippen molar-refractivity contribution in [1.29, 1.82) is 0 Å². The first-order chi connectivity index (χ1) is 9.45. The quantitative estimate of drug-likeness (QED) is 0.830. The first-order valence-corrected chi connectivity index (χ1v) is 6.23. The van der Waals surface area contributed by atoms with Crippen LogP contribution in [0.1, 0.15) is 11.1 Å². The summed E-state index contributed by atoms with van der Waals surface area (Å²) < 4.78 is 39.0. The van der Waals surface area contributed by atoms with E-state index in [1.165, 1.54) is 18.2 Å². The molecule has 0 aliphatic rings. The van der Waals surface area contributed by atoms with Gasteiger partial charge in [0.05, 0.1) is 5.02 Å². The number of halogens is 4. The van der Waals surface area contributed by atoms with Gasteiger partial charge in [-0.25, -0.2) is 13.2 Å². The van der Waals surface area contributed by atoms with E-state index in [0.29, 0.717) is 11.1 Å². The molecule has 20 heavy (non-hydrogen) atoms. The van der Waals surface area contributed by atoms with Crippen molar-refractivity contribution < 1.29 is 18.0 Å². The molecular formula is C15H10ClF3O. The minimum Gasteiger partial charge on any atom is -0.299 e. The van der Waals surface area contributed by atoms with Gasteiger partial charge in [0.2, 0.25) is 0 Å². The SMILES string of the molecule is O=C(Cc1ccc(F)c(F)c1)Cc1ccc(Cl)c(F)c1. The van der Waals surface area contributed by atoms with Crippen LogP contribution in [0.3, 0.4) is 0 Å². The van der Waals surface area contributed by atoms with Gasteiger partial charge in [-0.1, -0.05) is 23.7 Å². The van der Waals surface area contributed by atoms with Crippen molar-refractivity contribution >= 4 is 17.4 Å². The van der Waals surface area contributed by atoms with Gasteiger partial charge >= 0.3 is 0 Å². The minimum atomic E-state index is -0.993. The highest BCUT2D eigenvalue weighted by atomic mass is 35.5. The van der Waals surface area contributed by atoms with Crippen molar-refractivity contribution in [3.63, 3.8) is 0 Å². The molecule has 0 saturated heterocycles. The van der Waals surface area contributed by atoms with Crippen LogP contribution in [-0.2, 0) is 17.6 Å². The Morgan fingerprint density at radius 1 is 0.850 bits per heavy atom. The molecule has 0 saturated carbocycles. The number of hydrogen-bond acceptors (Lipinski definition) is 1. The Kier molecular flexibility index (Phi) is 4.45. The molecule has 0 aliphatic heterocycles. The number of Topliss-reactive ketones (excluding diaryl/α,β-unsaturated/α-hetero) is 1. The van der Waals surface area contributed by atoms with Crippen molar-refractivity contribution in [2.45, 2.75) is 12.8 Å². The fraction of sp³-hybridized carbons (Fsp3) is 0.133. The third-order valence-corrected chi connectivity index (χ3v) is 3.08. The standard InChI is InChI=1S/C15H10ClF3O/c16-12-3-1-9(7-14(12)18)5-11(20)6-10-2-4-13(17)15(19)8-10/h1-4,7-8H,5-6H2. The first kappa shape index (κ1) is 14.6. The maximum atomic E-state index is 13.2. The molecule has 0 heterocycles. The lowest BCUT2D eigenvalue weighted by Gasteiger charge is -2.04. The van der Waals surface area contributed by atoms with Gasteiger partial charge in [-0.05, 0) is 35.4 Å². The summed E-state index contributed by atoms with van der Waals surface area (Å²) in [5, 5.41) is -0.0122. The van der Waals surface area contributed by atoms with E-state index in [4.69, 9.17) is 11.6 Å². The number of carbonyl (C=O) groups is 1. The molecule has 2 aromatic carbocycles. The molecule has 0 aliphatic carbocycles. The molecule has 2 aromatic rings. The summed E-state index contributed by atoms with van der Waals surface area (Å²) >= 11 is 5.54. The van der Waals surface area contributed by atoms with Crippen molar-refractivity contribution in [3.05, 3.63) is 70.0 Å². The number of rotatable bonds is 4.